The fraction of sp³-hybridized carbons (Fsp3) is 0.556. The summed E-state index contributed by atoms with van der Waals surface area (Å²) in [5.74, 6) is -0.453. The standard InChI is InChI=1S/C18H25NO3/c1-4-6-11-19(13(3)5-2)17(20)16-12-14-9-7-8-10-15(14)18(21)22-16/h7-10,13,16H,4-6,11-12H2,1-3H3. The largest absolute Gasteiger partial charge is 0.448 e. The Labute approximate surface area is 132 Å². The molecule has 0 bridgehead atoms. The molecular weight excluding hydrogens is 278 g/mol. The molecule has 4 heteroatoms. The van der Waals surface area contributed by atoms with Crippen LogP contribution in [0.15, 0.2) is 24.3 Å². The lowest BCUT2D eigenvalue weighted by Crippen LogP contribution is -2.48. The van der Waals surface area contributed by atoms with Crippen molar-refractivity contribution in [3.63, 3.8) is 0 Å². The second-order valence-corrected chi connectivity index (χ2v) is 5.90. The van der Waals surface area contributed by atoms with E-state index in [9.17, 15) is 9.59 Å². The van der Waals surface area contributed by atoms with Crippen molar-refractivity contribution in [2.24, 2.45) is 0 Å². The van der Waals surface area contributed by atoms with Crippen molar-refractivity contribution in [3.05, 3.63) is 35.4 Å². The summed E-state index contributed by atoms with van der Waals surface area (Å²) in [5, 5.41) is 0. The third kappa shape index (κ3) is 3.49. The normalized spacial score (nSPS) is 18.3. The molecule has 0 aromatic heterocycles. The van der Waals surface area contributed by atoms with Gasteiger partial charge < -0.3 is 9.64 Å². The highest BCUT2D eigenvalue weighted by Crippen LogP contribution is 2.22. The molecule has 0 aliphatic carbocycles. The highest BCUT2D eigenvalue weighted by Gasteiger charge is 2.34. The van der Waals surface area contributed by atoms with Crippen LogP contribution < -0.4 is 0 Å². The summed E-state index contributed by atoms with van der Waals surface area (Å²) in [6, 6.07) is 7.52. The van der Waals surface area contributed by atoms with Crippen LogP contribution in [0.3, 0.4) is 0 Å². The number of rotatable bonds is 6. The monoisotopic (exact) mass is 303 g/mol. The number of benzene rings is 1. The Morgan fingerprint density at radius 3 is 2.77 bits per heavy atom. The van der Waals surface area contributed by atoms with Gasteiger partial charge in [0.15, 0.2) is 6.10 Å². The molecule has 1 aromatic rings. The maximum atomic E-state index is 12.8. The minimum atomic E-state index is -0.687. The SMILES string of the molecule is CCCCN(C(=O)C1Cc2ccccc2C(=O)O1)C(C)CC. The van der Waals surface area contributed by atoms with E-state index in [0.717, 1.165) is 31.4 Å². The third-order valence-corrected chi connectivity index (χ3v) is 4.33. The molecule has 4 nitrogen and oxygen atoms in total. The number of nitrogens with zero attached hydrogens (tertiary/aromatic N) is 1. The molecule has 1 heterocycles. The molecule has 2 unspecified atom stereocenters. The predicted octanol–water partition coefficient (Wildman–Crippen LogP) is 3.20. The quantitative estimate of drug-likeness (QED) is 0.758. The van der Waals surface area contributed by atoms with Gasteiger partial charge >= 0.3 is 5.97 Å². The summed E-state index contributed by atoms with van der Waals surface area (Å²) in [6.07, 6.45) is 2.68. The second-order valence-electron chi connectivity index (χ2n) is 5.90. The highest BCUT2D eigenvalue weighted by atomic mass is 16.5. The van der Waals surface area contributed by atoms with Crippen molar-refractivity contribution in [1.29, 1.82) is 0 Å². The number of carbonyl (C=O) groups is 2. The zero-order chi connectivity index (χ0) is 16.1. The average molecular weight is 303 g/mol. The van der Waals surface area contributed by atoms with Gasteiger partial charge in [-0.25, -0.2) is 4.79 Å². The van der Waals surface area contributed by atoms with Gasteiger partial charge in [0.25, 0.3) is 5.91 Å². The van der Waals surface area contributed by atoms with Gasteiger partial charge in [0.1, 0.15) is 0 Å². The molecule has 2 rings (SSSR count). The summed E-state index contributed by atoms with van der Waals surface area (Å²) in [5.41, 5.74) is 1.48. The van der Waals surface area contributed by atoms with Crippen LogP contribution in [0.5, 0.6) is 0 Å². The first-order valence-corrected chi connectivity index (χ1v) is 8.17. The van der Waals surface area contributed by atoms with Crippen LogP contribution in [0, 0.1) is 0 Å². The van der Waals surface area contributed by atoms with E-state index in [1.165, 1.54) is 0 Å². The van der Waals surface area contributed by atoms with E-state index in [1.807, 2.05) is 30.0 Å². The zero-order valence-electron chi connectivity index (χ0n) is 13.7. The highest BCUT2D eigenvalue weighted by molar-refractivity contribution is 5.95. The Hall–Kier alpha value is -1.84. The Morgan fingerprint density at radius 1 is 1.36 bits per heavy atom. The maximum Gasteiger partial charge on any atom is 0.339 e. The smallest absolute Gasteiger partial charge is 0.339 e. The lowest BCUT2D eigenvalue weighted by Gasteiger charge is -2.33. The number of amides is 1. The number of ether oxygens (including phenoxy) is 1. The molecule has 120 valence electrons. The molecule has 1 aliphatic rings. The summed E-state index contributed by atoms with van der Waals surface area (Å²) < 4.78 is 5.40. The van der Waals surface area contributed by atoms with E-state index in [2.05, 4.69) is 13.8 Å². The van der Waals surface area contributed by atoms with E-state index >= 15 is 0 Å². The molecule has 1 aromatic carbocycles. The van der Waals surface area contributed by atoms with Gasteiger partial charge in [-0.3, -0.25) is 4.79 Å². The van der Waals surface area contributed by atoms with Crippen LogP contribution in [0.4, 0.5) is 0 Å². The molecule has 0 saturated carbocycles. The van der Waals surface area contributed by atoms with Gasteiger partial charge in [-0.05, 0) is 31.4 Å². The lowest BCUT2D eigenvalue weighted by atomic mass is 9.97. The van der Waals surface area contributed by atoms with E-state index in [4.69, 9.17) is 4.74 Å². The number of cyclic esters (lactones) is 1. The number of fused-ring (bicyclic) bond motifs is 1. The van der Waals surface area contributed by atoms with Gasteiger partial charge in [0.05, 0.1) is 5.56 Å². The molecule has 2 atom stereocenters. The Kier molecular flexibility index (Phi) is 5.58. The van der Waals surface area contributed by atoms with Gasteiger partial charge in [-0.15, -0.1) is 0 Å². The van der Waals surface area contributed by atoms with Gasteiger partial charge in [-0.1, -0.05) is 38.5 Å². The second kappa shape index (κ2) is 7.43. The molecule has 1 amide bonds. The fourth-order valence-corrected chi connectivity index (χ4v) is 2.75. The Balaban J connectivity index is 2.16. The first-order chi connectivity index (χ1) is 10.6. The van der Waals surface area contributed by atoms with Crippen molar-refractivity contribution in [2.45, 2.75) is 58.6 Å². The number of esters is 1. The molecule has 0 fully saturated rings. The van der Waals surface area contributed by atoms with Crippen LogP contribution in [-0.2, 0) is 16.0 Å². The predicted molar refractivity (Wildman–Crippen MR) is 85.7 cm³/mol. The molecular formula is C18H25NO3. The lowest BCUT2D eigenvalue weighted by molar-refractivity contribution is -0.143. The molecule has 22 heavy (non-hydrogen) atoms. The van der Waals surface area contributed by atoms with Crippen molar-refractivity contribution >= 4 is 11.9 Å². The van der Waals surface area contributed by atoms with Crippen LogP contribution in [0.2, 0.25) is 0 Å². The molecule has 0 radical (unpaired) electrons. The van der Waals surface area contributed by atoms with Crippen LogP contribution >= 0.6 is 0 Å². The topological polar surface area (TPSA) is 46.6 Å². The molecule has 0 saturated heterocycles. The number of hydrogen-bond acceptors (Lipinski definition) is 3. The minimum Gasteiger partial charge on any atom is -0.448 e. The van der Waals surface area contributed by atoms with E-state index in [-0.39, 0.29) is 17.9 Å². The number of unbranched alkanes of at least 4 members (excludes halogenated alkanes) is 1. The van der Waals surface area contributed by atoms with Crippen molar-refractivity contribution in [3.8, 4) is 0 Å². The van der Waals surface area contributed by atoms with Crippen molar-refractivity contribution in [2.75, 3.05) is 6.54 Å². The van der Waals surface area contributed by atoms with E-state index in [1.54, 1.807) is 6.07 Å². The Morgan fingerprint density at radius 2 is 2.09 bits per heavy atom. The molecule has 1 aliphatic heterocycles. The Bertz CT molecular complexity index is 541. The van der Waals surface area contributed by atoms with Gasteiger partial charge in [0.2, 0.25) is 0 Å². The van der Waals surface area contributed by atoms with Crippen molar-refractivity contribution in [1.82, 2.24) is 4.90 Å². The van der Waals surface area contributed by atoms with Crippen LogP contribution in [0.1, 0.15) is 56.0 Å². The third-order valence-electron chi connectivity index (χ3n) is 4.33. The van der Waals surface area contributed by atoms with Gasteiger partial charge in [-0.2, -0.15) is 0 Å². The van der Waals surface area contributed by atoms with Crippen molar-refractivity contribution < 1.29 is 14.3 Å². The first kappa shape index (κ1) is 16.5. The van der Waals surface area contributed by atoms with E-state index in [0.29, 0.717) is 12.0 Å². The maximum absolute atomic E-state index is 12.8. The number of hydrogen-bond donors (Lipinski definition) is 0. The average Bonchev–Trinajstić information content (AvgIpc) is 2.54. The molecule has 0 spiro atoms. The van der Waals surface area contributed by atoms with E-state index < -0.39 is 6.10 Å². The summed E-state index contributed by atoms with van der Waals surface area (Å²) in [7, 11) is 0. The fourth-order valence-electron chi connectivity index (χ4n) is 2.75. The first-order valence-electron chi connectivity index (χ1n) is 8.17. The summed E-state index contributed by atoms with van der Waals surface area (Å²) in [6.45, 7) is 6.95. The zero-order valence-corrected chi connectivity index (χ0v) is 13.7. The van der Waals surface area contributed by atoms with Crippen LogP contribution in [0.25, 0.3) is 0 Å². The molecule has 0 N–H and O–H groups in total. The van der Waals surface area contributed by atoms with Crippen LogP contribution in [-0.4, -0.2) is 35.5 Å². The van der Waals surface area contributed by atoms with Gasteiger partial charge in [0, 0.05) is 19.0 Å². The summed E-state index contributed by atoms with van der Waals surface area (Å²) in [4.78, 5) is 26.8. The summed E-state index contributed by atoms with van der Waals surface area (Å²) >= 11 is 0. The number of carbonyl (C=O) groups excluding carboxylic acids is 2. The minimum absolute atomic E-state index is 0.0642.